The van der Waals surface area contributed by atoms with Crippen LogP contribution >= 0.6 is 0 Å². The minimum atomic E-state index is -3.85. The molecule has 0 aliphatic carbocycles. The minimum absolute atomic E-state index is 0.144. The number of amides is 3. The number of aryl methyl sites for hydroxylation is 2. The van der Waals surface area contributed by atoms with Crippen LogP contribution < -0.4 is 10.2 Å². The molecule has 2 aliphatic heterocycles. The van der Waals surface area contributed by atoms with Gasteiger partial charge in [-0.25, -0.2) is 18.1 Å². The van der Waals surface area contributed by atoms with Crippen molar-refractivity contribution in [1.82, 2.24) is 9.62 Å². The molecule has 7 nitrogen and oxygen atoms in total. The molecule has 2 fully saturated rings. The molecule has 28 heavy (non-hydrogen) atoms. The Morgan fingerprint density at radius 2 is 1.50 bits per heavy atom. The van der Waals surface area contributed by atoms with Crippen molar-refractivity contribution in [3.8, 4) is 0 Å². The zero-order valence-corrected chi connectivity index (χ0v) is 16.4. The van der Waals surface area contributed by atoms with Gasteiger partial charge in [-0.2, -0.15) is 4.31 Å². The summed E-state index contributed by atoms with van der Waals surface area (Å²) in [4.78, 5) is 26.9. The zero-order chi connectivity index (χ0) is 20.1. The molecule has 0 radical (unpaired) electrons. The average molecular weight is 399 g/mol. The van der Waals surface area contributed by atoms with Crippen molar-refractivity contribution in [2.45, 2.75) is 37.2 Å². The molecular formula is C20H21N3O4S. The molecule has 2 aromatic rings. The molecule has 0 unspecified atom stereocenters. The van der Waals surface area contributed by atoms with Gasteiger partial charge in [0.2, 0.25) is 10.0 Å². The van der Waals surface area contributed by atoms with E-state index in [2.05, 4.69) is 5.32 Å². The van der Waals surface area contributed by atoms with Gasteiger partial charge in [0, 0.05) is 6.54 Å². The number of fused-ring (bicyclic) bond motifs is 1. The SMILES string of the molecule is Cc1ccc(N2C(=O)N[C@@H]3CCN(S(=O)(=O)c4ccc(C)cc4)[C@H]3C2=O)cc1. The van der Waals surface area contributed by atoms with Crippen molar-refractivity contribution >= 4 is 27.6 Å². The molecule has 0 aromatic heterocycles. The first-order valence-electron chi connectivity index (χ1n) is 9.09. The van der Waals surface area contributed by atoms with Crippen molar-refractivity contribution in [3.63, 3.8) is 0 Å². The summed E-state index contributed by atoms with van der Waals surface area (Å²) in [5.74, 6) is -0.522. The number of hydrogen-bond donors (Lipinski definition) is 1. The van der Waals surface area contributed by atoms with Gasteiger partial charge in [-0.1, -0.05) is 35.4 Å². The van der Waals surface area contributed by atoms with Crippen LogP contribution in [0.3, 0.4) is 0 Å². The van der Waals surface area contributed by atoms with Crippen LogP contribution in [0.1, 0.15) is 17.5 Å². The van der Waals surface area contributed by atoms with Crippen LogP contribution in [0.2, 0.25) is 0 Å². The maximum absolute atomic E-state index is 13.2. The lowest BCUT2D eigenvalue weighted by Crippen LogP contribution is -2.64. The van der Waals surface area contributed by atoms with Crippen molar-refractivity contribution in [3.05, 3.63) is 59.7 Å². The van der Waals surface area contributed by atoms with Crippen molar-refractivity contribution < 1.29 is 18.0 Å². The lowest BCUT2D eigenvalue weighted by Gasteiger charge is -2.36. The van der Waals surface area contributed by atoms with Crippen LogP contribution in [0.25, 0.3) is 0 Å². The van der Waals surface area contributed by atoms with E-state index in [0.29, 0.717) is 12.1 Å². The topological polar surface area (TPSA) is 86.8 Å². The molecule has 1 N–H and O–H groups in total. The van der Waals surface area contributed by atoms with Crippen LogP contribution in [0, 0.1) is 13.8 Å². The average Bonchev–Trinajstić information content (AvgIpc) is 3.08. The summed E-state index contributed by atoms with van der Waals surface area (Å²) in [6.45, 7) is 3.96. The molecule has 4 rings (SSSR count). The summed E-state index contributed by atoms with van der Waals surface area (Å²) in [7, 11) is -3.85. The maximum atomic E-state index is 13.2. The fraction of sp³-hybridized carbons (Fsp3) is 0.300. The van der Waals surface area contributed by atoms with Gasteiger partial charge in [-0.3, -0.25) is 4.79 Å². The van der Waals surface area contributed by atoms with Crippen LogP contribution in [-0.2, 0) is 14.8 Å². The highest BCUT2D eigenvalue weighted by Crippen LogP contribution is 2.32. The third-order valence-electron chi connectivity index (χ3n) is 5.26. The Bertz CT molecular complexity index is 1030. The molecule has 2 atom stereocenters. The Hall–Kier alpha value is -2.71. The van der Waals surface area contributed by atoms with Crippen LogP contribution in [0.15, 0.2) is 53.4 Å². The fourth-order valence-electron chi connectivity index (χ4n) is 3.72. The van der Waals surface area contributed by atoms with Gasteiger partial charge in [-0.05, 0) is 44.5 Å². The van der Waals surface area contributed by atoms with Crippen molar-refractivity contribution in [1.29, 1.82) is 0 Å². The van der Waals surface area contributed by atoms with E-state index in [1.54, 1.807) is 48.5 Å². The second kappa shape index (κ2) is 6.72. The first-order valence-corrected chi connectivity index (χ1v) is 10.5. The van der Waals surface area contributed by atoms with Gasteiger partial charge in [0.1, 0.15) is 6.04 Å². The van der Waals surface area contributed by atoms with Gasteiger partial charge in [-0.15, -0.1) is 0 Å². The van der Waals surface area contributed by atoms with E-state index in [9.17, 15) is 18.0 Å². The molecule has 2 aliphatic rings. The summed E-state index contributed by atoms with van der Waals surface area (Å²) in [6.07, 6.45) is 0.398. The van der Waals surface area contributed by atoms with E-state index in [1.165, 1.54) is 4.31 Å². The second-order valence-electron chi connectivity index (χ2n) is 7.23. The van der Waals surface area contributed by atoms with Gasteiger partial charge >= 0.3 is 6.03 Å². The first-order chi connectivity index (χ1) is 13.3. The van der Waals surface area contributed by atoms with Crippen LogP contribution in [-0.4, -0.2) is 43.3 Å². The number of nitrogens with zero attached hydrogens (tertiary/aromatic N) is 2. The van der Waals surface area contributed by atoms with Gasteiger partial charge < -0.3 is 5.32 Å². The lowest BCUT2D eigenvalue weighted by atomic mass is 10.1. The molecule has 0 spiro atoms. The van der Waals surface area contributed by atoms with E-state index >= 15 is 0 Å². The lowest BCUT2D eigenvalue weighted by molar-refractivity contribution is -0.122. The highest BCUT2D eigenvalue weighted by molar-refractivity contribution is 7.89. The number of hydrogen-bond acceptors (Lipinski definition) is 4. The molecular weight excluding hydrogens is 378 g/mol. The molecule has 2 heterocycles. The third-order valence-corrected chi connectivity index (χ3v) is 7.15. The zero-order valence-electron chi connectivity index (χ0n) is 15.6. The van der Waals surface area contributed by atoms with E-state index < -0.39 is 34.0 Å². The smallest absolute Gasteiger partial charge is 0.329 e. The van der Waals surface area contributed by atoms with Gasteiger partial charge in [0.15, 0.2) is 0 Å². The number of nitrogens with one attached hydrogen (secondary N) is 1. The highest BCUT2D eigenvalue weighted by Gasteiger charge is 2.52. The number of anilines is 1. The fourth-order valence-corrected chi connectivity index (χ4v) is 5.35. The predicted octanol–water partition coefficient (Wildman–Crippen LogP) is 2.19. The van der Waals surface area contributed by atoms with E-state index in [0.717, 1.165) is 16.0 Å². The number of carbonyl (C=O) groups is 2. The minimum Gasteiger partial charge on any atom is -0.332 e. The Balaban J connectivity index is 1.70. The standard InChI is InChI=1S/C20H21N3O4S/c1-13-3-7-15(8-4-13)23-19(24)18-17(21-20(23)25)11-12-22(18)28(26,27)16-9-5-14(2)6-10-16/h3-10,17-18H,11-12H2,1-2H3,(H,21,25)/t17-,18-/m1/s1. The first kappa shape index (κ1) is 18.6. The normalized spacial score (nSPS) is 22.9. The Labute approximate surface area is 164 Å². The molecule has 8 heteroatoms. The number of carbonyl (C=O) groups excluding carboxylic acids is 2. The summed E-state index contributed by atoms with van der Waals surface area (Å²) in [5, 5.41) is 2.79. The highest BCUT2D eigenvalue weighted by atomic mass is 32.2. The Morgan fingerprint density at radius 1 is 0.929 bits per heavy atom. The van der Waals surface area contributed by atoms with E-state index in [1.807, 2.05) is 13.8 Å². The third kappa shape index (κ3) is 2.98. The quantitative estimate of drug-likeness (QED) is 0.857. The number of benzene rings is 2. The number of rotatable bonds is 3. The summed E-state index contributed by atoms with van der Waals surface area (Å²) in [5.41, 5.74) is 2.37. The maximum Gasteiger partial charge on any atom is 0.329 e. The van der Waals surface area contributed by atoms with Gasteiger partial charge in [0.25, 0.3) is 5.91 Å². The second-order valence-corrected chi connectivity index (χ2v) is 9.12. The molecule has 2 aromatic carbocycles. The molecule has 0 saturated carbocycles. The van der Waals surface area contributed by atoms with Crippen molar-refractivity contribution in [2.24, 2.45) is 0 Å². The monoisotopic (exact) mass is 399 g/mol. The summed E-state index contributed by atoms with van der Waals surface area (Å²) < 4.78 is 27.5. The molecule has 2 saturated heterocycles. The molecule has 3 amide bonds. The largest absolute Gasteiger partial charge is 0.332 e. The predicted molar refractivity (Wildman–Crippen MR) is 104 cm³/mol. The Morgan fingerprint density at radius 3 is 2.11 bits per heavy atom. The molecule has 146 valence electrons. The van der Waals surface area contributed by atoms with Gasteiger partial charge in [0.05, 0.1) is 16.6 Å². The van der Waals surface area contributed by atoms with Crippen LogP contribution in [0.5, 0.6) is 0 Å². The molecule has 0 bridgehead atoms. The number of sulfonamides is 1. The summed E-state index contributed by atoms with van der Waals surface area (Å²) >= 11 is 0. The van der Waals surface area contributed by atoms with E-state index in [4.69, 9.17) is 0 Å². The summed E-state index contributed by atoms with van der Waals surface area (Å²) in [6, 6.07) is 11.5. The van der Waals surface area contributed by atoms with E-state index in [-0.39, 0.29) is 11.4 Å². The number of imide groups is 1. The van der Waals surface area contributed by atoms with Crippen LogP contribution in [0.4, 0.5) is 10.5 Å². The Kier molecular flexibility index (Phi) is 4.47. The van der Waals surface area contributed by atoms with Crippen molar-refractivity contribution in [2.75, 3.05) is 11.4 Å². The number of urea groups is 1.